The molecule has 2 N–H and O–H groups in total. The van der Waals surface area contributed by atoms with Gasteiger partial charge in [-0.25, -0.2) is 4.79 Å². The Hall–Kier alpha value is -1.55. The zero-order valence-corrected chi connectivity index (χ0v) is 12.6. The van der Waals surface area contributed by atoms with Gasteiger partial charge in [-0.1, -0.05) is 26.7 Å². The maximum Gasteiger partial charge on any atom is 0.335 e. The van der Waals surface area contributed by atoms with Crippen LogP contribution in [0.2, 0.25) is 0 Å². The summed E-state index contributed by atoms with van der Waals surface area (Å²) in [4.78, 5) is 10.7. The van der Waals surface area contributed by atoms with Crippen molar-refractivity contribution in [3.05, 3.63) is 29.8 Å². The molecule has 4 heteroatoms. The molecule has 0 saturated carbocycles. The summed E-state index contributed by atoms with van der Waals surface area (Å²) in [6.45, 7) is 8.01. The molecule has 1 unspecified atom stereocenters. The van der Waals surface area contributed by atoms with Crippen LogP contribution < -0.4 is 10.1 Å². The van der Waals surface area contributed by atoms with Gasteiger partial charge in [-0.15, -0.1) is 0 Å². The number of carboxylic acid groups (broad SMARTS) is 1. The molecule has 0 radical (unpaired) electrons. The highest BCUT2D eigenvalue weighted by molar-refractivity contribution is 5.87. The number of hydrogen-bond donors (Lipinski definition) is 2. The standard InChI is InChI=1S/C16H25NO3/c1-4-13(5-2)12(3)17-10-11-20-15-8-6-14(7-9-15)16(18)19/h6-9,12-13,17H,4-5,10-11H2,1-3H3,(H,18,19). The second-order valence-electron chi connectivity index (χ2n) is 5.00. The number of hydrogen-bond acceptors (Lipinski definition) is 3. The molecule has 0 aliphatic carbocycles. The van der Waals surface area contributed by atoms with Crippen LogP contribution in [0, 0.1) is 5.92 Å². The Kier molecular flexibility index (Phi) is 7.09. The van der Waals surface area contributed by atoms with Crippen molar-refractivity contribution in [2.75, 3.05) is 13.2 Å². The molecule has 0 fully saturated rings. The molecule has 0 aliphatic rings. The summed E-state index contributed by atoms with van der Waals surface area (Å²) in [6.07, 6.45) is 2.37. The van der Waals surface area contributed by atoms with E-state index in [4.69, 9.17) is 9.84 Å². The Labute approximate surface area is 121 Å². The summed E-state index contributed by atoms with van der Waals surface area (Å²) in [5.41, 5.74) is 0.276. The van der Waals surface area contributed by atoms with Gasteiger partial charge < -0.3 is 15.2 Å². The maximum absolute atomic E-state index is 10.7. The molecular weight excluding hydrogens is 254 g/mol. The fourth-order valence-electron chi connectivity index (χ4n) is 2.31. The first-order valence-corrected chi connectivity index (χ1v) is 7.28. The topological polar surface area (TPSA) is 58.6 Å². The quantitative estimate of drug-likeness (QED) is 0.682. The highest BCUT2D eigenvalue weighted by atomic mass is 16.5. The van der Waals surface area contributed by atoms with Crippen molar-refractivity contribution in [2.24, 2.45) is 5.92 Å². The first kappa shape index (κ1) is 16.5. The molecule has 1 aromatic rings. The van der Waals surface area contributed by atoms with Crippen molar-refractivity contribution in [3.8, 4) is 5.75 Å². The molecule has 0 aliphatic heterocycles. The first-order chi connectivity index (χ1) is 9.58. The van der Waals surface area contributed by atoms with Gasteiger partial charge in [-0.3, -0.25) is 0 Å². The van der Waals surface area contributed by atoms with Gasteiger partial charge in [0.05, 0.1) is 5.56 Å². The van der Waals surface area contributed by atoms with E-state index in [1.807, 2.05) is 0 Å². The molecule has 0 bridgehead atoms. The lowest BCUT2D eigenvalue weighted by molar-refractivity contribution is 0.0697. The van der Waals surface area contributed by atoms with E-state index in [0.29, 0.717) is 24.3 Å². The van der Waals surface area contributed by atoms with Crippen LogP contribution in [0.25, 0.3) is 0 Å². The van der Waals surface area contributed by atoms with Crippen LogP contribution in [0.15, 0.2) is 24.3 Å². The van der Waals surface area contributed by atoms with E-state index < -0.39 is 5.97 Å². The Morgan fingerprint density at radius 3 is 2.35 bits per heavy atom. The van der Waals surface area contributed by atoms with Gasteiger partial charge in [0.2, 0.25) is 0 Å². The molecule has 20 heavy (non-hydrogen) atoms. The van der Waals surface area contributed by atoms with Crippen LogP contribution in [0.5, 0.6) is 5.75 Å². The van der Waals surface area contributed by atoms with Gasteiger partial charge in [0.25, 0.3) is 0 Å². The molecule has 4 nitrogen and oxygen atoms in total. The van der Waals surface area contributed by atoms with Crippen molar-refractivity contribution < 1.29 is 14.6 Å². The molecule has 0 saturated heterocycles. The van der Waals surface area contributed by atoms with Crippen LogP contribution in [-0.4, -0.2) is 30.3 Å². The van der Waals surface area contributed by atoms with Crippen molar-refractivity contribution in [1.82, 2.24) is 5.32 Å². The third kappa shape index (κ3) is 5.21. The van der Waals surface area contributed by atoms with E-state index >= 15 is 0 Å². The van der Waals surface area contributed by atoms with E-state index in [1.165, 1.54) is 12.8 Å². The summed E-state index contributed by atoms with van der Waals surface area (Å²) < 4.78 is 5.58. The lowest BCUT2D eigenvalue weighted by Gasteiger charge is -2.22. The molecular formula is C16H25NO3. The molecule has 0 aromatic heterocycles. The number of nitrogens with one attached hydrogen (secondary N) is 1. The summed E-state index contributed by atoms with van der Waals surface area (Å²) in [5.74, 6) is 0.481. The average molecular weight is 279 g/mol. The van der Waals surface area contributed by atoms with Crippen molar-refractivity contribution in [1.29, 1.82) is 0 Å². The minimum absolute atomic E-state index is 0.276. The Morgan fingerprint density at radius 1 is 1.25 bits per heavy atom. The molecule has 0 heterocycles. The third-order valence-electron chi connectivity index (χ3n) is 3.69. The Balaban J connectivity index is 2.29. The largest absolute Gasteiger partial charge is 0.492 e. The zero-order chi connectivity index (χ0) is 15.0. The highest BCUT2D eigenvalue weighted by Gasteiger charge is 2.12. The normalized spacial score (nSPS) is 12.4. The Morgan fingerprint density at radius 2 is 1.85 bits per heavy atom. The van der Waals surface area contributed by atoms with E-state index in [9.17, 15) is 4.79 Å². The van der Waals surface area contributed by atoms with Crippen LogP contribution in [0.4, 0.5) is 0 Å². The number of carboxylic acids is 1. The smallest absolute Gasteiger partial charge is 0.335 e. The van der Waals surface area contributed by atoms with Gasteiger partial charge >= 0.3 is 5.97 Å². The summed E-state index contributed by atoms with van der Waals surface area (Å²) in [7, 11) is 0. The summed E-state index contributed by atoms with van der Waals surface area (Å²) in [5, 5.41) is 12.3. The minimum atomic E-state index is -0.919. The van der Waals surface area contributed by atoms with Crippen molar-refractivity contribution in [2.45, 2.75) is 39.7 Å². The average Bonchev–Trinajstić information content (AvgIpc) is 2.45. The van der Waals surface area contributed by atoms with Gasteiger partial charge in [0, 0.05) is 12.6 Å². The fraction of sp³-hybridized carbons (Fsp3) is 0.562. The molecule has 112 valence electrons. The SMILES string of the molecule is CCC(CC)C(C)NCCOc1ccc(C(=O)O)cc1. The van der Waals surface area contributed by atoms with Crippen molar-refractivity contribution >= 4 is 5.97 Å². The monoisotopic (exact) mass is 279 g/mol. The summed E-state index contributed by atoms with van der Waals surface area (Å²) >= 11 is 0. The predicted molar refractivity (Wildman–Crippen MR) is 80.4 cm³/mol. The van der Waals surface area contributed by atoms with Crippen molar-refractivity contribution in [3.63, 3.8) is 0 Å². The van der Waals surface area contributed by atoms with Gasteiger partial charge in [-0.05, 0) is 37.1 Å². The van der Waals surface area contributed by atoms with E-state index in [-0.39, 0.29) is 5.56 Å². The van der Waals surface area contributed by atoms with Crippen LogP contribution in [0.1, 0.15) is 44.0 Å². The Bertz CT molecular complexity index is 399. The summed E-state index contributed by atoms with van der Waals surface area (Å²) in [6, 6.07) is 6.97. The van der Waals surface area contributed by atoms with Gasteiger partial charge in [0.1, 0.15) is 12.4 Å². The molecule has 0 amide bonds. The lowest BCUT2D eigenvalue weighted by Crippen LogP contribution is -2.35. The third-order valence-corrected chi connectivity index (χ3v) is 3.69. The minimum Gasteiger partial charge on any atom is -0.492 e. The predicted octanol–water partition coefficient (Wildman–Crippen LogP) is 3.18. The maximum atomic E-state index is 10.7. The van der Waals surface area contributed by atoms with E-state index in [2.05, 4.69) is 26.1 Å². The van der Waals surface area contributed by atoms with E-state index in [0.717, 1.165) is 6.54 Å². The fourth-order valence-corrected chi connectivity index (χ4v) is 2.31. The molecule has 0 spiro atoms. The van der Waals surface area contributed by atoms with Gasteiger partial charge in [0.15, 0.2) is 0 Å². The molecule has 1 atom stereocenters. The molecule has 1 rings (SSSR count). The number of ether oxygens (including phenoxy) is 1. The number of rotatable bonds is 9. The van der Waals surface area contributed by atoms with Crippen LogP contribution >= 0.6 is 0 Å². The first-order valence-electron chi connectivity index (χ1n) is 7.28. The van der Waals surface area contributed by atoms with E-state index in [1.54, 1.807) is 24.3 Å². The zero-order valence-electron chi connectivity index (χ0n) is 12.6. The highest BCUT2D eigenvalue weighted by Crippen LogP contribution is 2.13. The molecule has 1 aromatic carbocycles. The lowest BCUT2D eigenvalue weighted by atomic mass is 9.96. The van der Waals surface area contributed by atoms with Gasteiger partial charge in [-0.2, -0.15) is 0 Å². The second-order valence-corrected chi connectivity index (χ2v) is 5.00. The second kappa shape index (κ2) is 8.59. The number of aromatic carboxylic acids is 1. The number of carbonyl (C=O) groups is 1. The van der Waals surface area contributed by atoms with Crippen LogP contribution in [-0.2, 0) is 0 Å². The number of benzene rings is 1. The van der Waals surface area contributed by atoms with Crippen LogP contribution in [0.3, 0.4) is 0 Å².